The number of aldehydes is 1. The van der Waals surface area contributed by atoms with Crippen LogP contribution in [0, 0.1) is 0 Å². The van der Waals surface area contributed by atoms with Gasteiger partial charge >= 0.3 is 0 Å². The molecule has 0 spiro atoms. The van der Waals surface area contributed by atoms with Gasteiger partial charge in [0.05, 0.1) is 5.56 Å². The Morgan fingerprint density at radius 2 is 1.70 bits per heavy atom. The first-order valence-corrected chi connectivity index (χ1v) is 9.73. The van der Waals surface area contributed by atoms with E-state index in [1.807, 2.05) is 0 Å². The predicted molar refractivity (Wildman–Crippen MR) is 80.6 cm³/mol. The van der Waals surface area contributed by atoms with E-state index >= 15 is 0 Å². The van der Waals surface area contributed by atoms with Gasteiger partial charge < -0.3 is 13.9 Å². The van der Waals surface area contributed by atoms with Crippen molar-refractivity contribution in [1.82, 2.24) is 0 Å². The summed E-state index contributed by atoms with van der Waals surface area (Å²) in [6.07, 6.45) is 0.806. The van der Waals surface area contributed by atoms with Crippen LogP contribution >= 0.6 is 0 Å². The van der Waals surface area contributed by atoms with Gasteiger partial charge in [0.15, 0.2) is 17.8 Å². The molecule has 5 heteroatoms. The molecular weight excluding hydrogens is 272 g/mol. The van der Waals surface area contributed by atoms with Gasteiger partial charge in [0.25, 0.3) is 8.32 Å². The van der Waals surface area contributed by atoms with Gasteiger partial charge in [-0.3, -0.25) is 4.79 Å². The molecule has 0 aromatic heterocycles. The molecular formula is C15H22O4Si. The summed E-state index contributed by atoms with van der Waals surface area (Å²) >= 11 is 0. The van der Waals surface area contributed by atoms with Crippen LogP contribution in [0.3, 0.4) is 0 Å². The second-order valence-electron chi connectivity index (χ2n) is 6.51. The molecule has 0 radical (unpaired) electrons. The minimum Gasteiger partial charge on any atom is -0.543 e. The molecule has 110 valence electrons. The highest BCUT2D eigenvalue weighted by molar-refractivity contribution is 6.74. The van der Waals surface area contributed by atoms with E-state index < -0.39 is 8.32 Å². The highest BCUT2D eigenvalue weighted by Gasteiger charge is 2.39. The summed E-state index contributed by atoms with van der Waals surface area (Å²) in [5.41, 5.74) is 0.513. The summed E-state index contributed by atoms with van der Waals surface area (Å²) in [5, 5.41) is 0.0699. The van der Waals surface area contributed by atoms with E-state index in [9.17, 15) is 4.79 Å². The SMILES string of the molecule is CC(C)(C)[Si](C)(C)Oc1cc2c(cc1C=O)OCCO2. The fourth-order valence-corrected chi connectivity index (χ4v) is 2.73. The van der Waals surface area contributed by atoms with Crippen molar-refractivity contribution >= 4 is 14.6 Å². The molecule has 0 amide bonds. The fraction of sp³-hybridized carbons (Fsp3) is 0.533. The highest BCUT2D eigenvalue weighted by atomic mass is 28.4. The standard InChI is InChI=1S/C15H22O4Si/c1-15(2,3)20(4,5)19-12-9-14-13(8-11(12)10-16)17-6-7-18-14/h8-10H,6-7H2,1-5H3. The van der Waals surface area contributed by atoms with E-state index in [1.54, 1.807) is 12.1 Å². The number of ether oxygens (including phenoxy) is 2. The lowest BCUT2D eigenvalue weighted by Crippen LogP contribution is -2.44. The molecule has 0 saturated carbocycles. The first kappa shape index (κ1) is 14.9. The molecule has 0 aliphatic carbocycles. The third-order valence-corrected chi connectivity index (χ3v) is 8.32. The van der Waals surface area contributed by atoms with Crippen LogP contribution in [0.5, 0.6) is 17.2 Å². The smallest absolute Gasteiger partial charge is 0.250 e. The molecule has 0 N–H and O–H groups in total. The molecule has 1 aliphatic rings. The van der Waals surface area contributed by atoms with E-state index in [2.05, 4.69) is 33.9 Å². The van der Waals surface area contributed by atoms with Crippen LogP contribution in [0.4, 0.5) is 0 Å². The van der Waals surface area contributed by atoms with E-state index in [0.717, 1.165) is 6.29 Å². The van der Waals surface area contributed by atoms with Gasteiger partial charge in [0.1, 0.15) is 19.0 Å². The molecule has 1 aromatic carbocycles. The quantitative estimate of drug-likeness (QED) is 0.630. The Kier molecular flexibility index (Phi) is 3.82. The summed E-state index contributed by atoms with van der Waals surface area (Å²) in [6, 6.07) is 3.47. The van der Waals surface area contributed by atoms with Gasteiger partial charge in [-0.05, 0) is 24.2 Å². The lowest BCUT2D eigenvalue weighted by molar-refractivity contribution is 0.112. The minimum absolute atomic E-state index is 0.0699. The lowest BCUT2D eigenvalue weighted by atomic mass is 10.2. The Morgan fingerprint density at radius 1 is 1.15 bits per heavy atom. The number of carbonyl (C=O) groups excluding carboxylic acids is 1. The monoisotopic (exact) mass is 294 g/mol. The molecule has 0 atom stereocenters. The topological polar surface area (TPSA) is 44.8 Å². The molecule has 20 heavy (non-hydrogen) atoms. The third-order valence-electron chi connectivity index (χ3n) is 3.97. The van der Waals surface area contributed by atoms with E-state index in [1.165, 1.54) is 0 Å². The third kappa shape index (κ3) is 2.82. The Hall–Kier alpha value is -1.49. The minimum atomic E-state index is -1.99. The maximum atomic E-state index is 11.3. The number of fused-ring (bicyclic) bond motifs is 1. The first-order valence-electron chi connectivity index (χ1n) is 6.82. The van der Waals surface area contributed by atoms with Crippen molar-refractivity contribution in [3.63, 3.8) is 0 Å². The van der Waals surface area contributed by atoms with Crippen molar-refractivity contribution < 1.29 is 18.7 Å². The summed E-state index contributed by atoms with van der Waals surface area (Å²) < 4.78 is 17.3. The van der Waals surface area contributed by atoms with Crippen molar-refractivity contribution in [2.75, 3.05) is 13.2 Å². The Balaban J connectivity index is 2.38. The lowest BCUT2D eigenvalue weighted by Gasteiger charge is -2.37. The molecule has 4 nitrogen and oxygen atoms in total. The molecule has 1 aromatic rings. The number of hydrogen-bond acceptors (Lipinski definition) is 4. The molecule has 1 heterocycles. The van der Waals surface area contributed by atoms with Gasteiger partial charge in [0.2, 0.25) is 0 Å². The summed E-state index contributed by atoms with van der Waals surface area (Å²) in [7, 11) is -1.99. The molecule has 1 aliphatic heterocycles. The Bertz CT molecular complexity index is 517. The molecule has 0 fully saturated rings. The van der Waals surface area contributed by atoms with Crippen LogP contribution in [-0.4, -0.2) is 27.8 Å². The average molecular weight is 294 g/mol. The van der Waals surface area contributed by atoms with E-state index in [0.29, 0.717) is 36.0 Å². The maximum absolute atomic E-state index is 11.3. The van der Waals surface area contributed by atoms with Crippen molar-refractivity contribution in [2.24, 2.45) is 0 Å². The zero-order valence-electron chi connectivity index (χ0n) is 12.8. The van der Waals surface area contributed by atoms with Gasteiger partial charge in [-0.25, -0.2) is 0 Å². The zero-order valence-corrected chi connectivity index (χ0v) is 13.8. The van der Waals surface area contributed by atoms with Crippen LogP contribution in [-0.2, 0) is 0 Å². The fourth-order valence-electron chi connectivity index (χ4n) is 1.69. The second-order valence-corrected chi connectivity index (χ2v) is 11.2. The Morgan fingerprint density at radius 3 is 2.20 bits per heavy atom. The molecule has 2 rings (SSSR count). The number of benzene rings is 1. The summed E-state index contributed by atoms with van der Waals surface area (Å²) in [6.45, 7) is 11.8. The predicted octanol–water partition coefficient (Wildman–Crippen LogP) is 3.65. The van der Waals surface area contributed by atoms with Gasteiger partial charge in [0, 0.05) is 6.07 Å². The van der Waals surface area contributed by atoms with E-state index in [4.69, 9.17) is 13.9 Å². The van der Waals surface area contributed by atoms with Crippen molar-refractivity contribution in [1.29, 1.82) is 0 Å². The number of carbonyl (C=O) groups is 1. The van der Waals surface area contributed by atoms with Crippen molar-refractivity contribution in [3.8, 4) is 17.2 Å². The summed E-state index contributed by atoms with van der Waals surface area (Å²) in [5.74, 6) is 1.85. The van der Waals surface area contributed by atoms with Crippen LogP contribution in [0.15, 0.2) is 12.1 Å². The first-order chi connectivity index (χ1) is 9.24. The molecule has 0 bridgehead atoms. The van der Waals surface area contributed by atoms with Crippen LogP contribution < -0.4 is 13.9 Å². The summed E-state index contributed by atoms with van der Waals surface area (Å²) in [4.78, 5) is 11.3. The van der Waals surface area contributed by atoms with E-state index in [-0.39, 0.29) is 5.04 Å². The van der Waals surface area contributed by atoms with Crippen LogP contribution in [0.2, 0.25) is 18.1 Å². The number of hydrogen-bond donors (Lipinski definition) is 0. The molecule has 0 saturated heterocycles. The second kappa shape index (κ2) is 5.13. The Labute approximate surface area is 121 Å². The number of rotatable bonds is 3. The van der Waals surface area contributed by atoms with Crippen molar-refractivity contribution in [3.05, 3.63) is 17.7 Å². The average Bonchev–Trinajstić information content (AvgIpc) is 2.36. The zero-order chi connectivity index (χ0) is 15.0. The highest BCUT2D eigenvalue weighted by Crippen LogP contribution is 2.41. The maximum Gasteiger partial charge on any atom is 0.250 e. The normalized spacial score (nSPS) is 14.8. The van der Waals surface area contributed by atoms with Crippen molar-refractivity contribution in [2.45, 2.75) is 38.9 Å². The van der Waals surface area contributed by atoms with Gasteiger partial charge in [-0.2, -0.15) is 0 Å². The van der Waals surface area contributed by atoms with Gasteiger partial charge in [-0.15, -0.1) is 0 Å². The van der Waals surface area contributed by atoms with Gasteiger partial charge in [-0.1, -0.05) is 20.8 Å². The largest absolute Gasteiger partial charge is 0.543 e. The van der Waals surface area contributed by atoms with Crippen LogP contribution in [0.25, 0.3) is 0 Å². The van der Waals surface area contributed by atoms with Crippen LogP contribution in [0.1, 0.15) is 31.1 Å². The molecule has 0 unspecified atom stereocenters.